The number of amides is 1. The summed E-state index contributed by atoms with van der Waals surface area (Å²) in [7, 11) is 0. The van der Waals surface area contributed by atoms with Crippen molar-refractivity contribution in [3.63, 3.8) is 0 Å². The minimum atomic E-state index is -0.0280. The minimum absolute atomic E-state index is 0.0280. The number of hydrogen-bond acceptors (Lipinski definition) is 2. The highest BCUT2D eigenvalue weighted by Gasteiger charge is 2.24. The molecule has 0 aromatic heterocycles. The van der Waals surface area contributed by atoms with Crippen LogP contribution in [0.4, 0.5) is 0 Å². The fourth-order valence-corrected chi connectivity index (χ4v) is 1.25. The molecule has 0 aromatic rings. The highest BCUT2D eigenvalue weighted by atomic mass is 16.1. The van der Waals surface area contributed by atoms with E-state index in [0.717, 1.165) is 12.8 Å². The minimum Gasteiger partial charge on any atom is -0.353 e. The number of nitrogens with one attached hydrogen (secondary N) is 1. The van der Waals surface area contributed by atoms with Gasteiger partial charge >= 0.3 is 0 Å². The van der Waals surface area contributed by atoms with Gasteiger partial charge in [0.1, 0.15) is 0 Å². The van der Waals surface area contributed by atoms with Gasteiger partial charge in [0.05, 0.1) is 5.92 Å². The van der Waals surface area contributed by atoms with E-state index in [2.05, 4.69) is 33.0 Å². The van der Waals surface area contributed by atoms with Crippen molar-refractivity contribution in [1.82, 2.24) is 5.32 Å². The smallest absolute Gasteiger partial charge is 0.224 e. The van der Waals surface area contributed by atoms with E-state index in [9.17, 15) is 4.79 Å². The topological polar surface area (TPSA) is 55.1 Å². The van der Waals surface area contributed by atoms with Crippen LogP contribution in [-0.2, 0) is 4.79 Å². The molecule has 0 aromatic carbocycles. The van der Waals surface area contributed by atoms with Crippen molar-refractivity contribution in [3.05, 3.63) is 0 Å². The van der Waals surface area contributed by atoms with E-state index in [1.165, 1.54) is 0 Å². The molecule has 0 rings (SSSR count). The van der Waals surface area contributed by atoms with Gasteiger partial charge in [0.15, 0.2) is 0 Å². The Morgan fingerprint density at radius 1 is 1.40 bits per heavy atom. The summed E-state index contributed by atoms with van der Waals surface area (Å²) in [4.78, 5) is 11.8. The Balaban J connectivity index is 4.22. The second kappa shape index (κ2) is 6.11. The van der Waals surface area contributed by atoms with Crippen LogP contribution in [-0.4, -0.2) is 18.5 Å². The molecule has 0 saturated heterocycles. The van der Waals surface area contributed by atoms with Crippen LogP contribution in [0.2, 0.25) is 0 Å². The third kappa shape index (κ3) is 5.17. The van der Waals surface area contributed by atoms with Crippen molar-refractivity contribution >= 4 is 5.91 Å². The second-order valence-electron chi connectivity index (χ2n) is 5.32. The van der Waals surface area contributed by atoms with Crippen molar-refractivity contribution in [3.8, 4) is 0 Å². The molecule has 3 heteroatoms. The average Bonchev–Trinajstić information content (AvgIpc) is 2.12. The van der Waals surface area contributed by atoms with E-state index in [4.69, 9.17) is 5.73 Å². The van der Waals surface area contributed by atoms with Crippen LogP contribution < -0.4 is 11.1 Å². The quantitative estimate of drug-likeness (QED) is 0.734. The molecule has 0 aliphatic rings. The summed E-state index contributed by atoms with van der Waals surface area (Å²) >= 11 is 0. The van der Waals surface area contributed by atoms with Gasteiger partial charge in [-0.3, -0.25) is 4.79 Å². The maximum atomic E-state index is 11.8. The van der Waals surface area contributed by atoms with Gasteiger partial charge in [0.2, 0.25) is 5.91 Å². The van der Waals surface area contributed by atoms with Crippen molar-refractivity contribution in [1.29, 1.82) is 0 Å². The Bertz CT molecular complexity index is 196. The molecule has 0 aliphatic carbocycles. The summed E-state index contributed by atoms with van der Waals surface area (Å²) in [5.41, 5.74) is 5.68. The van der Waals surface area contributed by atoms with Gasteiger partial charge in [-0.2, -0.15) is 0 Å². The Hall–Kier alpha value is -0.570. The second-order valence-corrected chi connectivity index (χ2v) is 5.32. The van der Waals surface area contributed by atoms with Gasteiger partial charge in [-0.05, 0) is 18.8 Å². The fraction of sp³-hybridized carbons (Fsp3) is 0.917. The van der Waals surface area contributed by atoms with Crippen molar-refractivity contribution in [2.45, 2.75) is 53.5 Å². The van der Waals surface area contributed by atoms with E-state index in [-0.39, 0.29) is 23.3 Å². The Labute approximate surface area is 93.8 Å². The van der Waals surface area contributed by atoms with Crippen LogP contribution in [0.1, 0.15) is 47.5 Å². The van der Waals surface area contributed by atoms with Crippen molar-refractivity contribution < 1.29 is 4.79 Å². The first-order valence-corrected chi connectivity index (χ1v) is 5.83. The van der Waals surface area contributed by atoms with E-state index in [0.29, 0.717) is 6.54 Å². The van der Waals surface area contributed by atoms with Gasteiger partial charge in [-0.1, -0.05) is 34.1 Å². The summed E-state index contributed by atoms with van der Waals surface area (Å²) in [5.74, 6) is 0.0709. The lowest BCUT2D eigenvalue weighted by molar-refractivity contribution is -0.126. The Morgan fingerprint density at radius 2 is 1.93 bits per heavy atom. The van der Waals surface area contributed by atoms with Crippen LogP contribution >= 0.6 is 0 Å². The standard InChI is InChI=1S/C12H26N2O/c1-6-7-10(8-13)11(15)14-9(2)12(3,4)5/h9-10H,6-8,13H2,1-5H3,(H,14,15). The molecule has 0 spiro atoms. The predicted octanol–water partition coefficient (Wildman–Crippen LogP) is 1.91. The van der Waals surface area contributed by atoms with Gasteiger partial charge in [0.25, 0.3) is 0 Å². The molecule has 0 aliphatic heterocycles. The van der Waals surface area contributed by atoms with Crippen LogP contribution in [0.25, 0.3) is 0 Å². The normalized spacial score (nSPS) is 15.9. The molecule has 3 N–H and O–H groups in total. The van der Waals surface area contributed by atoms with E-state index in [1.807, 2.05) is 6.92 Å². The van der Waals surface area contributed by atoms with E-state index < -0.39 is 0 Å². The number of carbonyl (C=O) groups excluding carboxylic acids is 1. The van der Waals surface area contributed by atoms with E-state index in [1.54, 1.807) is 0 Å². The largest absolute Gasteiger partial charge is 0.353 e. The van der Waals surface area contributed by atoms with Crippen LogP contribution in [0.15, 0.2) is 0 Å². The van der Waals surface area contributed by atoms with Gasteiger partial charge in [-0.25, -0.2) is 0 Å². The maximum Gasteiger partial charge on any atom is 0.224 e. The number of nitrogens with two attached hydrogens (primary N) is 1. The number of carbonyl (C=O) groups is 1. The number of rotatable bonds is 5. The van der Waals surface area contributed by atoms with Gasteiger partial charge < -0.3 is 11.1 Å². The third-order valence-corrected chi connectivity index (χ3v) is 2.95. The average molecular weight is 214 g/mol. The fourth-order valence-electron chi connectivity index (χ4n) is 1.25. The zero-order valence-corrected chi connectivity index (χ0v) is 10.8. The lowest BCUT2D eigenvalue weighted by atomic mass is 9.87. The monoisotopic (exact) mass is 214 g/mol. The van der Waals surface area contributed by atoms with Crippen LogP contribution in [0.5, 0.6) is 0 Å². The Morgan fingerprint density at radius 3 is 2.27 bits per heavy atom. The molecule has 3 nitrogen and oxygen atoms in total. The first kappa shape index (κ1) is 14.4. The lowest BCUT2D eigenvalue weighted by Gasteiger charge is -2.29. The Kier molecular flexibility index (Phi) is 5.88. The van der Waals surface area contributed by atoms with Crippen molar-refractivity contribution in [2.75, 3.05) is 6.54 Å². The van der Waals surface area contributed by atoms with Crippen molar-refractivity contribution in [2.24, 2.45) is 17.1 Å². The molecule has 0 fully saturated rings. The molecule has 2 atom stereocenters. The highest BCUT2D eigenvalue weighted by Crippen LogP contribution is 2.19. The third-order valence-electron chi connectivity index (χ3n) is 2.95. The zero-order valence-electron chi connectivity index (χ0n) is 10.8. The molecule has 0 heterocycles. The molecule has 0 saturated carbocycles. The molecule has 15 heavy (non-hydrogen) atoms. The van der Waals surface area contributed by atoms with Gasteiger partial charge in [-0.15, -0.1) is 0 Å². The molecular formula is C12H26N2O. The maximum absolute atomic E-state index is 11.8. The summed E-state index contributed by atoms with van der Waals surface area (Å²) in [6.07, 6.45) is 1.87. The summed E-state index contributed by atoms with van der Waals surface area (Å²) in [5, 5.41) is 3.04. The predicted molar refractivity (Wildman–Crippen MR) is 64.5 cm³/mol. The molecule has 0 radical (unpaired) electrons. The molecule has 0 bridgehead atoms. The van der Waals surface area contributed by atoms with E-state index >= 15 is 0 Å². The molecule has 90 valence electrons. The summed E-state index contributed by atoms with van der Waals surface area (Å²) in [6, 6.07) is 0.177. The first-order valence-electron chi connectivity index (χ1n) is 5.83. The molecule has 1 amide bonds. The van der Waals surface area contributed by atoms with Crippen LogP contribution in [0.3, 0.4) is 0 Å². The summed E-state index contributed by atoms with van der Waals surface area (Å²) < 4.78 is 0. The molecular weight excluding hydrogens is 188 g/mol. The highest BCUT2D eigenvalue weighted by molar-refractivity contribution is 5.79. The SMILES string of the molecule is CCCC(CN)C(=O)NC(C)C(C)(C)C. The zero-order chi connectivity index (χ0) is 12.1. The number of hydrogen-bond donors (Lipinski definition) is 2. The van der Waals surface area contributed by atoms with Gasteiger partial charge in [0, 0.05) is 12.6 Å². The van der Waals surface area contributed by atoms with Crippen LogP contribution in [0, 0.1) is 11.3 Å². The molecule has 2 unspecified atom stereocenters. The summed E-state index contributed by atoms with van der Waals surface area (Å²) in [6.45, 7) is 10.9. The first-order chi connectivity index (χ1) is 6.82. The lowest BCUT2D eigenvalue weighted by Crippen LogP contribution is -2.45.